The minimum Gasteiger partial charge on any atom is -0.382 e. The molecule has 3 fully saturated rings. The minimum absolute atomic E-state index is 0.0197. The Morgan fingerprint density at radius 2 is 1.32 bits per heavy atom. The van der Waals surface area contributed by atoms with Gasteiger partial charge in [-0.15, -0.1) is 0 Å². The Bertz CT molecular complexity index is 1700. The Morgan fingerprint density at radius 3 is 1.89 bits per heavy atom. The summed E-state index contributed by atoms with van der Waals surface area (Å²) in [5.74, 6) is 0.0441. The number of alkyl halides is 2. The second-order valence-corrected chi connectivity index (χ2v) is 13.6. The Balaban J connectivity index is 1.17. The number of phosphoric acid groups is 1. The summed E-state index contributed by atoms with van der Waals surface area (Å²) in [7, 11) is -9.69. The van der Waals surface area contributed by atoms with Crippen LogP contribution in [0.25, 0.3) is 22.3 Å². The summed E-state index contributed by atoms with van der Waals surface area (Å²) in [6.07, 6.45) is -10.0. The first kappa shape index (κ1) is 29.5. The van der Waals surface area contributed by atoms with E-state index in [-0.39, 0.29) is 34.0 Å². The maximum Gasteiger partial charge on any atom is 0.472 e. The first-order chi connectivity index (χ1) is 20.9. The monoisotopic (exact) mass is 660 g/mol. The van der Waals surface area contributed by atoms with Gasteiger partial charge in [-0.3, -0.25) is 27.3 Å². The van der Waals surface area contributed by atoms with E-state index in [0.29, 0.717) is 0 Å². The molecule has 0 aromatic carbocycles. The average molecular weight is 660 g/mol. The van der Waals surface area contributed by atoms with Crippen LogP contribution in [0.2, 0.25) is 0 Å². The van der Waals surface area contributed by atoms with Crippen molar-refractivity contribution in [1.29, 1.82) is 0 Å². The SMILES string of the molecule is Nc1ncnc2c1ncn2[C@@H]1O[C@@H]2COP(=O)(O)O[C@H]3[C@@H](F)[C@H](n4cnc5c(N)ncnc54)O[C@@H]3CCP(=O)(O)O[C@H]2[C@H]1F. The van der Waals surface area contributed by atoms with Crippen molar-refractivity contribution in [2.24, 2.45) is 0 Å². The summed E-state index contributed by atoms with van der Waals surface area (Å²) in [5, 5.41) is 0. The molecule has 10 atom stereocenters. The number of nitrogens with two attached hydrogens (primary N) is 2. The molecule has 4 aromatic rings. The van der Waals surface area contributed by atoms with Gasteiger partial charge in [0.1, 0.15) is 42.0 Å². The molecule has 7 heterocycles. The van der Waals surface area contributed by atoms with Crippen LogP contribution in [0.15, 0.2) is 25.3 Å². The van der Waals surface area contributed by atoms with E-state index in [9.17, 15) is 18.9 Å². The van der Waals surface area contributed by atoms with E-state index in [4.69, 9.17) is 34.5 Å². The first-order valence-corrected chi connectivity index (χ1v) is 16.3. The third-order valence-electron chi connectivity index (χ3n) is 7.50. The fourth-order valence-electron chi connectivity index (χ4n) is 5.45. The van der Waals surface area contributed by atoms with Gasteiger partial charge in [0.15, 0.2) is 47.7 Å². The van der Waals surface area contributed by atoms with Gasteiger partial charge in [-0.1, -0.05) is 0 Å². The average Bonchev–Trinajstić information content (AvgIpc) is 3.73. The summed E-state index contributed by atoms with van der Waals surface area (Å²) >= 11 is 0. The van der Waals surface area contributed by atoms with E-state index < -0.39 is 83.8 Å². The highest BCUT2D eigenvalue weighted by atomic mass is 31.2. The molecule has 2 unspecified atom stereocenters. The number of nitrogen functional groups attached to an aromatic ring is 2. The molecule has 3 saturated heterocycles. The van der Waals surface area contributed by atoms with E-state index in [0.717, 1.165) is 12.7 Å². The van der Waals surface area contributed by atoms with Gasteiger partial charge in [-0.25, -0.2) is 43.2 Å². The topological polar surface area (TPSA) is 260 Å². The van der Waals surface area contributed by atoms with E-state index in [2.05, 4.69) is 29.9 Å². The molecule has 6 N–H and O–H groups in total. The van der Waals surface area contributed by atoms with Crippen molar-refractivity contribution in [3.8, 4) is 0 Å². The summed E-state index contributed by atoms with van der Waals surface area (Å²) in [4.78, 5) is 45.1. The van der Waals surface area contributed by atoms with Crippen LogP contribution < -0.4 is 11.5 Å². The number of fused-ring (bicyclic) bond motifs is 4. The third kappa shape index (κ3) is 5.03. The van der Waals surface area contributed by atoms with Crippen molar-refractivity contribution in [3.05, 3.63) is 25.3 Å². The molecular formula is C21H24F2N10O9P2. The first-order valence-electron chi connectivity index (χ1n) is 13.0. The number of hydrogen-bond donors (Lipinski definition) is 4. The molecular weight excluding hydrogens is 636 g/mol. The van der Waals surface area contributed by atoms with E-state index >= 15 is 8.78 Å². The lowest BCUT2D eigenvalue weighted by Crippen LogP contribution is -2.36. The van der Waals surface area contributed by atoms with Crippen molar-refractivity contribution in [1.82, 2.24) is 39.0 Å². The van der Waals surface area contributed by atoms with Crippen LogP contribution in [0.1, 0.15) is 18.9 Å². The second-order valence-electron chi connectivity index (χ2n) is 10.2. The fourth-order valence-corrected chi connectivity index (χ4v) is 7.73. The van der Waals surface area contributed by atoms with Crippen LogP contribution in [0.5, 0.6) is 0 Å². The lowest BCUT2D eigenvalue weighted by Gasteiger charge is -2.27. The fraction of sp³-hybridized carbons (Fsp3) is 0.524. The van der Waals surface area contributed by atoms with Crippen LogP contribution in [0.4, 0.5) is 20.4 Å². The normalized spacial score (nSPS) is 38.3. The molecule has 19 nitrogen and oxygen atoms in total. The molecule has 3 aliphatic rings. The largest absolute Gasteiger partial charge is 0.472 e. The number of imidazole rings is 2. The van der Waals surface area contributed by atoms with Gasteiger partial charge in [-0.05, 0) is 6.42 Å². The highest BCUT2D eigenvalue weighted by Gasteiger charge is 2.54. The van der Waals surface area contributed by atoms with Gasteiger partial charge in [0.05, 0.1) is 31.5 Å². The number of ether oxygens (including phenoxy) is 2. The molecule has 0 saturated carbocycles. The molecule has 236 valence electrons. The summed E-state index contributed by atoms with van der Waals surface area (Å²) in [6.45, 7) is -0.847. The number of nitrogens with zero attached hydrogens (tertiary/aromatic N) is 8. The summed E-state index contributed by atoms with van der Waals surface area (Å²) < 4.78 is 87.5. The van der Waals surface area contributed by atoms with Crippen molar-refractivity contribution in [2.45, 2.75) is 55.6 Å². The van der Waals surface area contributed by atoms with Crippen LogP contribution in [-0.4, -0.2) is 98.4 Å². The lowest BCUT2D eigenvalue weighted by molar-refractivity contribution is -0.0513. The van der Waals surface area contributed by atoms with E-state index in [1.54, 1.807) is 0 Å². The molecule has 0 spiro atoms. The predicted molar refractivity (Wildman–Crippen MR) is 142 cm³/mol. The maximum absolute atomic E-state index is 15.9. The highest BCUT2D eigenvalue weighted by molar-refractivity contribution is 7.52. The molecule has 0 bridgehead atoms. The smallest absolute Gasteiger partial charge is 0.382 e. The molecule has 23 heteroatoms. The standard InChI is InChI=1S/C21H24F2N10O9P2/c22-10-14-8(39-20(10)32-6-30-12-16(24)26-4-28-18(12)32)1-2-43(34,35)41-15-9(3-38-44(36,37)42-14)40-21(11(15)23)33-7-31-13-17(25)27-5-29-19(13)33/h4-11,14-15,20-21H,1-3H2,(H,34,35)(H,36,37)(H2,24,26,28)(H2,25,27,29)/t8-,9-,10-,11-,14-,15-,20-,21-/m1/s1. The Labute approximate surface area is 244 Å². The summed E-state index contributed by atoms with van der Waals surface area (Å²) in [6, 6.07) is 0. The number of anilines is 2. The van der Waals surface area contributed by atoms with E-state index in [1.165, 1.54) is 21.8 Å². The van der Waals surface area contributed by atoms with Gasteiger partial charge in [0.25, 0.3) is 0 Å². The highest BCUT2D eigenvalue weighted by Crippen LogP contribution is 2.54. The Hall–Kier alpha value is -3.26. The van der Waals surface area contributed by atoms with Gasteiger partial charge in [0, 0.05) is 0 Å². The van der Waals surface area contributed by atoms with Crippen LogP contribution >= 0.6 is 15.4 Å². The molecule has 0 radical (unpaired) electrons. The van der Waals surface area contributed by atoms with E-state index in [1.807, 2.05) is 0 Å². The Morgan fingerprint density at radius 1 is 0.795 bits per heavy atom. The maximum atomic E-state index is 15.9. The quantitative estimate of drug-likeness (QED) is 0.216. The number of hydrogen-bond acceptors (Lipinski definition) is 15. The zero-order valence-corrected chi connectivity index (χ0v) is 24.0. The van der Waals surface area contributed by atoms with Crippen molar-refractivity contribution in [2.75, 3.05) is 24.2 Å². The van der Waals surface area contributed by atoms with Crippen molar-refractivity contribution in [3.63, 3.8) is 0 Å². The van der Waals surface area contributed by atoms with Crippen LogP contribution in [0.3, 0.4) is 0 Å². The third-order valence-corrected chi connectivity index (χ3v) is 9.88. The Kier molecular flexibility index (Phi) is 7.15. The lowest BCUT2D eigenvalue weighted by atomic mass is 10.1. The number of rotatable bonds is 2. The predicted octanol–water partition coefficient (Wildman–Crippen LogP) is 0.778. The van der Waals surface area contributed by atoms with Gasteiger partial charge in [-0.2, -0.15) is 0 Å². The van der Waals surface area contributed by atoms with Gasteiger partial charge in [0.2, 0.25) is 0 Å². The van der Waals surface area contributed by atoms with Crippen LogP contribution in [-0.2, 0) is 32.2 Å². The zero-order chi connectivity index (χ0) is 31.0. The molecule has 4 aromatic heterocycles. The second kappa shape index (κ2) is 10.7. The number of halogens is 2. The van der Waals surface area contributed by atoms with Gasteiger partial charge >= 0.3 is 15.4 Å². The van der Waals surface area contributed by atoms with Crippen molar-refractivity contribution >= 4 is 49.4 Å². The summed E-state index contributed by atoms with van der Waals surface area (Å²) in [5.41, 5.74) is 12.1. The van der Waals surface area contributed by atoms with Crippen LogP contribution in [0, 0.1) is 0 Å². The number of aromatic nitrogens is 8. The van der Waals surface area contributed by atoms with Gasteiger partial charge < -0.3 is 30.7 Å². The molecule has 7 rings (SSSR count). The molecule has 44 heavy (non-hydrogen) atoms. The number of phosphoric ester groups is 1. The molecule has 3 aliphatic heterocycles. The molecule has 0 aliphatic carbocycles. The van der Waals surface area contributed by atoms with Crippen molar-refractivity contribution < 1.29 is 50.7 Å². The minimum atomic E-state index is -5.07. The zero-order valence-electron chi connectivity index (χ0n) is 22.2. The molecule has 0 amide bonds.